The van der Waals surface area contributed by atoms with Crippen LogP contribution in [0.3, 0.4) is 0 Å². The maximum atomic E-state index is 12.4. The zero-order chi connectivity index (χ0) is 28.8. The number of hydrazine groups is 3. The van der Waals surface area contributed by atoms with Crippen molar-refractivity contribution in [1.29, 1.82) is 0 Å². The summed E-state index contributed by atoms with van der Waals surface area (Å²) in [6.07, 6.45) is 4.67. The second-order valence-electron chi connectivity index (χ2n) is 13.4. The standard InChI is InChI=1S/C24H48N10O4/c1-21(2)7-15(29-19(37)31-25)9-23(5,11-21)13-27-17(35)33-34-18(36)28-14-24(6)10-16(30-20(38)32-26)8-22(3,4)12-24/h15-16H,7-14,25-26H2,1-6H3,(H2,27,33,35)(H2,28,34,36)(H2,29,31,37)(H2,30,32,38). The molecule has 0 aromatic carbocycles. The number of urea groups is 4. The molecule has 0 aromatic heterocycles. The minimum atomic E-state index is -0.531. The lowest BCUT2D eigenvalue weighted by atomic mass is 9.62. The van der Waals surface area contributed by atoms with E-state index in [1.165, 1.54) is 0 Å². The summed E-state index contributed by atoms with van der Waals surface area (Å²) in [7, 11) is 0. The van der Waals surface area contributed by atoms with Gasteiger partial charge in [0.15, 0.2) is 0 Å². The number of nitrogens with one attached hydrogen (secondary N) is 8. The Morgan fingerprint density at radius 2 is 0.947 bits per heavy atom. The fraction of sp³-hybridized carbons (Fsp3) is 0.833. The van der Waals surface area contributed by atoms with Crippen molar-refractivity contribution in [2.24, 2.45) is 33.3 Å². The molecular weight excluding hydrogens is 492 g/mol. The van der Waals surface area contributed by atoms with Gasteiger partial charge < -0.3 is 21.3 Å². The van der Waals surface area contributed by atoms with Crippen LogP contribution in [-0.4, -0.2) is 49.3 Å². The van der Waals surface area contributed by atoms with Crippen LogP contribution in [0.15, 0.2) is 0 Å². The molecule has 2 fully saturated rings. The van der Waals surface area contributed by atoms with Crippen LogP contribution in [0.1, 0.15) is 80.1 Å². The summed E-state index contributed by atoms with van der Waals surface area (Å²) in [4.78, 5) is 48.2. The molecule has 2 aliphatic carbocycles. The lowest BCUT2D eigenvalue weighted by Gasteiger charge is -2.47. The average molecular weight is 541 g/mol. The summed E-state index contributed by atoms with van der Waals surface area (Å²) in [6.45, 7) is 13.4. The molecule has 2 saturated carbocycles. The first-order valence-electron chi connectivity index (χ1n) is 13.1. The summed E-state index contributed by atoms with van der Waals surface area (Å²) < 4.78 is 0. The molecule has 8 amide bonds. The van der Waals surface area contributed by atoms with E-state index in [0.717, 1.165) is 25.7 Å². The largest absolute Gasteiger partial charge is 0.336 e. The zero-order valence-corrected chi connectivity index (χ0v) is 23.6. The van der Waals surface area contributed by atoms with Gasteiger partial charge in [0.2, 0.25) is 0 Å². The fourth-order valence-corrected chi connectivity index (χ4v) is 6.98. The summed E-state index contributed by atoms with van der Waals surface area (Å²) in [6, 6.07) is -2.09. The van der Waals surface area contributed by atoms with Crippen LogP contribution in [-0.2, 0) is 0 Å². The molecule has 0 aromatic rings. The molecule has 14 nitrogen and oxygen atoms in total. The maximum Gasteiger partial charge on any atom is 0.333 e. The summed E-state index contributed by atoms with van der Waals surface area (Å²) in [5.41, 5.74) is 8.35. The Balaban J connectivity index is 1.81. The van der Waals surface area contributed by atoms with Crippen LogP contribution >= 0.6 is 0 Å². The van der Waals surface area contributed by atoms with Crippen molar-refractivity contribution in [1.82, 2.24) is 43.0 Å². The molecular formula is C24H48N10O4. The first-order chi connectivity index (χ1) is 17.5. The van der Waals surface area contributed by atoms with Gasteiger partial charge in [-0.15, -0.1) is 0 Å². The van der Waals surface area contributed by atoms with Gasteiger partial charge in [0.05, 0.1) is 0 Å². The third-order valence-electron chi connectivity index (χ3n) is 7.46. The summed E-state index contributed by atoms with van der Waals surface area (Å²) in [5, 5.41) is 11.4. The second kappa shape index (κ2) is 12.2. The number of nitrogens with two attached hydrogens (primary N) is 2. The molecule has 0 radical (unpaired) electrons. The number of hydrogen-bond donors (Lipinski definition) is 10. The van der Waals surface area contributed by atoms with Crippen molar-refractivity contribution in [3.05, 3.63) is 0 Å². The van der Waals surface area contributed by atoms with Gasteiger partial charge >= 0.3 is 24.1 Å². The highest BCUT2D eigenvalue weighted by Crippen LogP contribution is 2.46. The first-order valence-corrected chi connectivity index (χ1v) is 13.1. The van der Waals surface area contributed by atoms with Crippen molar-refractivity contribution in [3.8, 4) is 0 Å². The van der Waals surface area contributed by atoms with Gasteiger partial charge in [-0.2, -0.15) is 0 Å². The highest BCUT2D eigenvalue weighted by molar-refractivity contribution is 5.80. The summed E-state index contributed by atoms with van der Waals surface area (Å²) >= 11 is 0. The van der Waals surface area contributed by atoms with Gasteiger partial charge in [-0.05, 0) is 60.2 Å². The van der Waals surface area contributed by atoms with Crippen molar-refractivity contribution >= 4 is 24.1 Å². The van der Waals surface area contributed by atoms with E-state index < -0.39 is 24.1 Å². The molecule has 0 aliphatic heterocycles. The van der Waals surface area contributed by atoms with Crippen LogP contribution < -0.4 is 54.7 Å². The molecule has 4 atom stereocenters. The molecule has 218 valence electrons. The van der Waals surface area contributed by atoms with Crippen LogP contribution in [0.5, 0.6) is 0 Å². The molecule has 4 unspecified atom stereocenters. The van der Waals surface area contributed by atoms with E-state index in [2.05, 4.69) is 84.5 Å². The lowest BCUT2D eigenvalue weighted by Crippen LogP contribution is -2.56. The summed E-state index contributed by atoms with van der Waals surface area (Å²) in [5.74, 6) is 10.4. The van der Waals surface area contributed by atoms with Crippen LogP contribution in [0.4, 0.5) is 19.2 Å². The van der Waals surface area contributed by atoms with Crippen LogP contribution in [0.25, 0.3) is 0 Å². The van der Waals surface area contributed by atoms with E-state index in [1.807, 2.05) is 0 Å². The van der Waals surface area contributed by atoms with Gasteiger partial charge in [-0.25, -0.2) is 41.7 Å². The third kappa shape index (κ3) is 10.0. The van der Waals surface area contributed by atoms with Gasteiger partial charge in [0.25, 0.3) is 0 Å². The van der Waals surface area contributed by atoms with Crippen molar-refractivity contribution in [3.63, 3.8) is 0 Å². The van der Waals surface area contributed by atoms with Gasteiger partial charge in [-0.3, -0.25) is 10.9 Å². The monoisotopic (exact) mass is 540 g/mol. The third-order valence-corrected chi connectivity index (χ3v) is 7.46. The fourth-order valence-electron chi connectivity index (χ4n) is 6.98. The van der Waals surface area contributed by atoms with Gasteiger partial charge in [0, 0.05) is 25.2 Å². The molecule has 2 aliphatic rings. The number of carbonyl (C=O) groups excluding carboxylic acids is 4. The Hall–Kier alpha value is -3.00. The van der Waals surface area contributed by atoms with Gasteiger partial charge in [-0.1, -0.05) is 41.5 Å². The average Bonchev–Trinajstić information content (AvgIpc) is 2.77. The Morgan fingerprint density at radius 3 is 1.26 bits per heavy atom. The first kappa shape index (κ1) is 31.2. The Morgan fingerprint density at radius 1 is 0.605 bits per heavy atom. The number of rotatable bonds is 6. The van der Waals surface area contributed by atoms with Crippen molar-refractivity contribution < 1.29 is 19.2 Å². The molecule has 0 heterocycles. The maximum absolute atomic E-state index is 12.4. The minimum Gasteiger partial charge on any atom is -0.336 e. The van der Waals surface area contributed by atoms with E-state index >= 15 is 0 Å². The molecule has 38 heavy (non-hydrogen) atoms. The van der Waals surface area contributed by atoms with E-state index in [1.54, 1.807) is 0 Å². The smallest absolute Gasteiger partial charge is 0.333 e. The SMILES string of the molecule is CC1(C)CC(NC(=O)NN)CC(C)(CNC(=O)NNC(=O)NCC2(C)CC(NC(=O)NN)CC(C)(C)C2)C1. The predicted molar refractivity (Wildman–Crippen MR) is 144 cm³/mol. The molecule has 0 saturated heterocycles. The number of hydrogen-bond acceptors (Lipinski definition) is 6. The number of carbonyl (C=O) groups is 4. The highest BCUT2D eigenvalue weighted by Gasteiger charge is 2.43. The Kier molecular flexibility index (Phi) is 10.1. The van der Waals surface area contributed by atoms with E-state index in [0.29, 0.717) is 25.9 Å². The van der Waals surface area contributed by atoms with Crippen molar-refractivity contribution in [2.45, 2.75) is 92.2 Å². The Labute approximate surface area is 225 Å². The molecule has 2 rings (SSSR count). The van der Waals surface area contributed by atoms with E-state index in [9.17, 15) is 19.2 Å². The topological polar surface area (TPSA) is 217 Å². The second-order valence-corrected chi connectivity index (χ2v) is 13.4. The normalized spacial score (nSPS) is 29.7. The van der Waals surface area contributed by atoms with Crippen molar-refractivity contribution in [2.75, 3.05) is 13.1 Å². The van der Waals surface area contributed by atoms with E-state index in [4.69, 9.17) is 11.7 Å². The lowest BCUT2D eigenvalue weighted by molar-refractivity contribution is 0.0738. The molecule has 14 heteroatoms. The quantitative estimate of drug-likeness (QED) is 0.135. The molecule has 12 N–H and O–H groups in total. The zero-order valence-electron chi connectivity index (χ0n) is 23.6. The predicted octanol–water partition coefficient (Wildman–Crippen LogP) is 1.02. The minimum absolute atomic E-state index is 0.0394. The van der Waals surface area contributed by atoms with Gasteiger partial charge in [0.1, 0.15) is 0 Å². The number of amides is 8. The van der Waals surface area contributed by atoms with E-state index in [-0.39, 0.29) is 33.7 Å². The highest BCUT2D eigenvalue weighted by atomic mass is 16.2. The van der Waals surface area contributed by atoms with Crippen LogP contribution in [0.2, 0.25) is 0 Å². The molecule has 0 bridgehead atoms. The Bertz CT molecular complexity index is 812. The molecule has 0 spiro atoms. The van der Waals surface area contributed by atoms with Crippen LogP contribution in [0, 0.1) is 21.7 Å².